The van der Waals surface area contributed by atoms with Gasteiger partial charge in [0.1, 0.15) is 0 Å². The van der Waals surface area contributed by atoms with Crippen LogP contribution in [0.15, 0.2) is 24.5 Å². The molecule has 19 heavy (non-hydrogen) atoms. The smallest absolute Gasteiger partial charge is 0.305 e. The summed E-state index contributed by atoms with van der Waals surface area (Å²) < 4.78 is 0. The molecule has 0 unspecified atom stereocenters. The fourth-order valence-electron chi connectivity index (χ4n) is 1.89. The summed E-state index contributed by atoms with van der Waals surface area (Å²) >= 11 is 0. The Morgan fingerprint density at radius 1 is 1.42 bits per heavy atom. The van der Waals surface area contributed by atoms with E-state index in [-0.39, 0.29) is 18.9 Å². The fraction of sp³-hybridized carbons (Fsp3) is 0.308. The van der Waals surface area contributed by atoms with E-state index in [0.717, 1.165) is 11.0 Å². The normalized spacial score (nSPS) is 10.6. The van der Waals surface area contributed by atoms with E-state index in [1.54, 1.807) is 24.5 Å². The largest absolute Gasteiger partial charge is 0.481 e. The Hall–Kier alpha value is -2.37. The van der Waals surface area contributed by atoms with E-state index in [1.165, 1.54) is 4.90 Å². The highest BCUT2D eigenvalue weighted by molar-refractivity contribution is 5.97. The average Bonchev–Trinajstić information content (AvgIpc) is 2.85. The Bertz CT molecular complexity index is 606. The topological polar surface area (TPSA) is 86.3 Å². The minimum atomic E-state index is -0.907. The molecule has 6 nitrogen and oxygen atoms in total. The number of aromatic amines is 1. The zero-order chi connectivity index (χ0) is 13.8. The summed E-state index contributed by atoms with van der Waals surface area (Å²) in [6.45, 7) is 2.52. The summed E-state index contributed by atoms with van der Waals surface area (Å²) in [5.41, 5.74) is 2.12. The number of fused-ring (bicyclic) bond motifs is 1. The summed E-state index contributed by atoms with van der Waals surface area (Å²) in [4.78, 5) is 31.4. The number of hydrogen-bond donors (Lipinski definition) is 2. The van der Waals surface area contributed by atoms with Gasteiger partial charge in [-0.3, -0.25) is 9.59 Å². The summed E-state index contributed by atoms with van der Waals surface area (Å²) in [6, 6.07) is 5.20. The number of hydrogen-bond acceptors (Lipinski definition) is 3. The Labute approximate surface area is 110 Å². The second-order valence-electron chi connectivity index (χ2n) is 4.16. The van der Waals surface area contributed by atoms with Crippen LogP contribution < -0.4 is 0 Å². The van der Waals surface area contributed by atoms with Crippen molar-refractivity contribution in [3.8, 4) is 0 Å². The number of aliphatic carboxylic acids is 1. The van der Waals surface area contributed by atoms with Gasteiger partial charge < -0.3 is 15.0 Å². The van der Waals surface area contributed by atoms with Crippen LogP contribution in [0, 0.1) is 0 Å². The molecule has 0 fully saturated rings. The second-order valence-corrected chi connectivity index (χ2v) is 4.16. The molecule has 2 N–H and O–H groups in total. The lowest BCUT2D eigenvalue weighted by Crippen LogP contribution is -2.32. The van der Waals surface area contributed by atoms with Crippen LogP contribution in [0.2, 0.25) is 0 Å². The van der Waals surface area contributed by atoms with Gasteiger partial charge >= 0.3 is 5.97 Å². The van der Waals surface area contributed by atoms with Crippen LogP contribution >= 0.6 is 0 Å². The van der Waals surface area contributed by atoms with Gasteiger partial charge in [-0.1, -0.05) is 0 Å². The Morgan fingerprint density at radius 3 is 2.89 bits per heavy atom. The van der Waals surface area contributed by atoms with Crippen molar-refractivity contribution in [1.82, 2.24) is 14.9 Å². The molecule has 0 saturated heterocycles. The highest BCUT2D eigenvalue weighted by atomic mass is 16.4. The summed E-state index contributed by atoms with van der Waals surface area (Å²) in [7, 11) is 0. The van der Waals surface area contributed by atoms with Gasteiger partial charge in [0, 0.05) is 18.7 Å². The van der Waals surface area contributed by atoms with Crippen molar-refractivity contribution in [1.29, 1.82) is 0 Å². The SMILES string of the molecule is CCN(CCC(=O)O)C(=O)c1ccc2nc[nH]c2c1. The highest BCUT2D eigenvalue weighted by Crippen LogP contribution is 2.13. The molecule has 0 atom stereocenters. The number of carboxylic acid groups (broad SMARTS) is 1. The molecule has 0 radical (unpaired) electrons. The molecule has 1 heterocycles. The van der Waals surface area contributed by atoms with Gasteiger partial charge in [-0.05, 0) is 25.1 Å². The van der Waals surface area contributed by atoms with Crippen LogP contribution in [-0.2, 0) is 4.79 Å². The second kappa shape index (κ2) is 5.51. The first-order valence-electron chi connectivity index (χ1n) is 6.06. The number of carboxylic acids is 1. The van der Waals surface area contributed by atoms with Gasteiger partial charge in [-0.15, -0.1) is 0 Å². The van der Waals surface area contributed by atoms with Crippen LogP contribution in [-0.4, -0.2) is 44.9 Å². The van der Waals surface area contributed by atoms with Crippen molar-refractivity contribution in [3.05, 3.63) is 30.1 Å². The van der Waals surface area contributed by atoms with Crippen molar-refractivity contribution in [2.24, 2.45) is 0 Å². The molecule has 0 bridgehead atoms. The molecule has 100 valence electrons. The third-order valence-corrected chi connectivity index (χ3v) is 2.93. The quantitative estimate of drug-likeness (QED) is 0.854. The van der Waals surface area contributed by atoms with E-state index in [2.05, 4.69) is 9.97 Å². The van der Waals surface area contributed by atoms with Gasteiger partial charge in [-0.25, -0.2) is 4.98 Å². The third kappa shape index (κ3) is 2.90. The summed E-state index contributed by atoms with van der Waals surface area (Å²) in [5, 5.41) is 8.67. The maximum absolute atomic E-state index is 12.3. The van der Waals surface area contributed by atoms with E-state index in [4.69, 9.17) is 5.11 Å². The number of imidazole rings is 1. The number of nitrogens with zero attached hydrogens (tertiary/aromatic N) is 2. The molecular formula is C13H15N3O3. The number of rotatable bonds is 5. The van der Waals surface area contributed by atoms with Crippen molar-refractivity contribution < 1.29 is 14.7 Å². The molecule has 0 spiro atoms. The number of nitrogens with one attached hydrogen (secondary N) is 1. The molecule has 2 aromatic rings. The van der Waals surface area contributed by atoms with Crippen molar-refractivity contribution >= 4 is 22.9 Å². The van der Waals surface area contributed by atoms with E-state index in [0.29, 0.717) is 12.1 Å². The average molecular weight is 261 g/mol. The van der Waals surface area contributed by atoms with E-state index in [1.807, 2.05) is 6.92 Å². The molecule has 0 aliphatic rings. The van der Waals surface area contributed by atoms with Gasteiger partial charge in [0.15, 0.2) is 0 Å². The maximum atomic E-state index is 12.3. The third-order valence-electron chi connectivity index (χ3n) is 2.93. The summed E-state index contributed by atoms with van der Waals surface area (Å²) in [6.07, 6.45) is 1.52. The molecular weight excluding hydrogens is 246 g/mol. The summed E-state index contributed by atoms with van der Waals surface area (Å²) in [5.74, 6) is -1.07. The molecule has 1 aromatic heterocycles. The van der Waals surface area contributed by atoms with Gasteiger partial charge in [0.2, 0.25) is 0 Å². The monoisotopic (exact) mass is 261 g/mol. The minimum absolute atomic E-state index is 0.0497. The number of amides is 1. The van der Waals surface area contributed by atoms with Crippen LogP contribution in [0.4, 0.5) is 0 Å². The van der Waals surface area contributed by atoms with Gasteiger partial charge in [-0.2, -0.15) is 0 Å². The van der Waals surface area contributed by atoms with Crippen molar-refractivity contribution in [2.75, 3.05) is 13.1 Å². The van der Waals surface area contributed by atoms with Crippen molar-refractivity contribution in [3.63, 3.8) is 0 Å². The Morgan fingerprint density at radius 2 is 2.21 bits per heavy atom. The van der Waals surface area contributed by atoms with E-state index in [9.17, 15) is 9.59 Å². The zero-order valence-electron chi connectivity index (χ0n) is 10.6. The first-order chi connectivity index (χ1) is 9.11. The first-order valence-corrected chi connectivity index (χ1v) is 6.06. The zero-order valence-corrected chi connectivity index (χ0v) is 10.6. The van der Waals surface area contributed by atoms with Crippen LogP contribution in [0.25, 0.3) is 11.0 Å². The lowest BCUT2D eigenvalue weighted by atomic mass is 10.1. The number of aromatic nitrogens is 2. The van der Waals surface area contributed by atoms with E-state index < -0.39 is 5.97 Å². The standard InChI is InChI=1S/C13H15N3O3/c1-2-16(6-5-12(17)18)13(19)9-3-4-10-11(7-9)15-8-14-10/h3-4,7-8H,2,5-6H2,1H3,(H,14,15)(H,17,18). The maximum Gasteiger partial charge on any atom is 0.305 e. The molecule has 0 aliphatic heterocycles. The molecule has 6 heteroatoms. The van der Waals surface area contributed by atoms with Crippen LogP contribution in [0.3, 0.4) is 0 Å². The minimum Gasteiger partial charge on any atom is -0.481 e. The van der Waals surface area contributed by atoms with Crippen LogP contribution in [0.1, 0.15) is 23.7 Å². The van der Waals surface area contributed by atoms with Crippen LogP contribution in [0.5, 0.6) is 0 Å². The number of benzene rings is 1. The molecule has 1 amide bonds. The highest BCUT2D eigenvalue weighted by Gasteiger charge is 2.15. The fourth-order valence-corrected chi connectivity index (χ4v) is 1.89. The Kier molecular flexibility index (Phi) is 3.79. The number of H-pyrrole nitrogens is 1. The predicted molar refractivity (Wildman–Crippen MR) is 69.9 cm³/mol. The lowest BCUT2D eigenvalue weighted by molar-refractivity contribution is -0.137. The molecule has 0 saturated carbocycles. The van der Waals surface area contributed by atoms with Crippen molar-refractivity contribution in [2.45, 2.75) is 13.3 Å². The number of carbonyl (C=O) groups is 2. The van der Waals surface area contributed by atoms with Gasteiger partial charge in [0.25, 0.3) is 5.91 Å². The first kappa shape index (κ1) is 13.1. The van der Waals surface area contributed by atoms with E-state index >= 15 is 0 Å². The lowest BCUT2D eigenvalue weighted by Gasteiger charge is -2.19. The van der Waals surface area contributed by atoms with Gasteiger partial charge in [0.05, 0.1) is 23.8 Å². The molecule has 0 aliphatic carbocycles. The number of carbonyl (C=O) groups excluding carboxylic acids is 1. The Balaban J connectivity index is 2.18. The molecule has 2 rings (SSSR count). The molecule has 1 aromatic carbocycles. The predicted octanol–water partition coefficient (Wildman–Crippen LogP) is 1.50.